The van der Waals surface area contributed by atoms with Gasteiger partial charge in [0, 0.05) is 20.8 Å². The topological polar surface area (TPSA) is 284 Å². The van der Waals surface area contributed by atoms with Crippen molar-refractivity contribution in [3.63, 3.8) is 0 Å². The van der Waals surface area contributed by atoms with Crippen LogP contribution in [-0.2, 0) is 20.2 Å². The van der Waals surface area contributed by atoms with Crippen molar-refractivity contribution in [2.24, 2.45) is 25.4 Å². The molecule has 0 unspecified atom stereocenters. The number of halogens is 2. The predicted octanol–water partition coefficient (Wildman–Crippen LogP) is 11.8. The minimum absolute atomic E-state index is 0. The van der Waals surface area contributed by atoms with Crippen LogP contribution in [0.3, 0.4) is 0 Å². The molecule has 75 heavy (non-hydrogen) atoms. The van der Waals surface area contributed by atoms with Crippen LogP contribution in [0.15, 0.2) is 169 Å². The Morgan fingerprint density at radius 2 is 1.08 bits per heavy atom. The van der Waals surface area contributed by atoms with E-state index < -0.39 is 53.3 Å². The third-order valence-corrected chi connectivity index (χ3v) is 13.7. The number of azo groups is 2. The fourth-order valence-corrected chi connectivity index (χ4v) is 9.42. The van der Waals surface area contributed by atoms with Crippen molar-refractivity contribution in [3.05, 3.63) is 166 Å². The Kier molecular flexibility index (Phi) is 19.3. The molecule has 23 heteroatoms. The molecule has 0 aliphatic heterocycles. The maximum absolute atomic E-state index is 13.4. The van der Waals surface area contributed by atoms with Crippen LogP contribution in [0.1, 0.15) is 40.9 Å². The fourth-order valence-electron chi connectivity index (χ4n) is 7.34. The normalized spacial score (nSPS) is 11.9. The minimum Gasteiger partial charge on any atom is -0.871 e. The molecular weight excluding hydrogens is 1170 g/mol. The minimum atomic E-state index is -4.57. The van der Waals surface area contributed by atoms with Gasteiger partial charge in [-0.05, 0) is 122 Å². The van der Waals surface area contributed by atoms with Crippen LogP contribution in [0.2, 0.25) is 10.0 Å². The molecule has 0 saturated carbocycles. The van der Waals surface area contributed by atoms with Crippen LogP contribution in [0.5, 0.6) is 23.0 Å². The van der Waals surface area contributed by atoms with E-state index in [1.54, 1.807) is 104 Å². The number of nitrogens with zero attached hydrogens (tertiary/aromatic N) is 5. The van der Waals surface area contributed by atoms with Crippen molar-refractivity contribution in [1.82, 2.24) is 0 Å². The number of fused-ring (bicyclic) bond motifs is 2. The maximum Gasteiger partial charge on any atom is 2.00 e. The van der Waals surface area contributed by atoms with Gasteiger partial charge in [-0.2, -0.15) is 32.2 Å². The first kappa shape index (κ1) is 57.9. The third-order valence-electron chi connectivity index (χ3n) is 10.9. The standard InChI is InChI=1S/2C26H22ClN3O6S.Ba/c2*1-3-36-22-11-7-6-10-21(22)28-26(32)19-12-16-8-4-5-9-18(16)24(25(19)31)30-29-17-13-20(27)15(2)23(14-17)37(33,34)35;/h2*4-14,31H,3H2,1-2H3,(H,28,32)(H,33,34,35);/q;;+2/p-2. The molecule has 1 amide bonds. The Balaban J connectivity index is 0.000000241. The maximum atomic E-state index is 13.4. The summed E-state index contributed by atoms with van der Waals surface area (Å²) < 4.78 is 76.9. The van der Waals surface area contributed by atoms with Gasteiger partial charge in [0.1, 0.15) is 32.7 Å². The first-order valence-electron chi connectivity index (χ1n) is 22.1. The van der Waals surface area contributed by atoms with E-state index in [0.717, 1.165) is 12.1 Å². The summed E-state index contributed by atoms with van der Waals surface area (Å²) in [6, 6.07) is 35.2. The van der Waals surface area contributed by atoms with E-state index >= 15 is 0 Å². The summed E-state index contributed by atoms with van der Waals surface area (Å²) in [5.74, 6) is -1.65. The van der Waals surface area contributed by atoms with Gasteiger partial charge in [0.15, 0.2) is 5.75 Å². The van der Waals surface area contributed by atoms with Crippen molar-refractivity contribution >= 4 is 160 Å². The van der Waals surface area contributed by atoms with Crippen LogP contribution >= 0.6 is 23.2 Å². The third kappa shape index (κ3) is 13.7. The summed E-state index contributed by atoms with van der Waals surface area (Å²) >= 11 is 12.2. The van der Waals surface area contributed by atoms with Crippen molar-refractivity contribution in [2.45, 2.75) is 37.5 Å². The quantitative estimate of drug-likeness (QED) is 0.0260. The molecule has 0 saturated heterocycles. The summed E-state index contributed by atoms with van der Waals surface area (Å²) in [4.78, 5) is 16.4. The number of phenolic OH excluding ortho intramolecular Hbond substituents is 1. The van der Waals surface area contributed by atoms with Gasteiger partial charge >= 0.3 is 48.9 Å². The van der Waals surface area contributed by atoms with Crippen molar-refractivity contribution in [3.8, 4) is 23.0 Å². The molecule has 18 nitrogen and oxygen atoms in total. The number of hydrogen-bond donors (Lipinski definition) is 4. The Morgan fingerprint density at radius 1 is 0.627 bits per heavy atom. The van der Waals surface area contributed by atoms with Crippen molar-refractivity contribution in [2.75, 3.05) is 18.5 Å². The molecule has 0 atom stereocenters. The summed E-state index contributed by atoms with van der Waals surface area (Å²) in [6.07, 6.45) is 0. The summed E-state index contributed by atoms with van der Waals surface area (Å²) in [7, 11) is -9.13. The number of ether oxygens (including phenoxy) is 2. The second-order valence-corrected chi connectivity index (χ2v) is 19.4. The second-order valence-electron chi connectivity index (χ2n) is 15.8. The van der Waals surface area contributed by atoms with E-state index in [2.05, 4.69) is 30.8 Å². The van der Waals surface area contributed by atoms with Gasteiger partial charge in [-0.3, -0.25) is 18.9 Å². The number of aliphatic imine (C=N–C) groups is 1. The second kappa shape index (κ2) is 25.0. The number of carbonyl (C=O) groups excluding carboxylic acids is 1. The van der Waals surface area contributed by atoms with Crippen LogP contribution < -0.4 is 25.0 Å². The van der Waals surface area contributed by atoms with Crippen molar-refractivity contribution < 1.29 is 55.5 Å². The van der Waals surface area contributed by atoms with E-state index in [-0.39, 0.29) is 110 Å². The number of carbonyl (C=O) groups is 1. The molecule has 380 valence electrons. The number of benzene rings is 8. The molecule has 0 aromatic heterocycles. The van der Waals surface area contributed by atoms with E-state index in [9.17, 15) is 46.1 Å². The number of rotatable bonds is 14. The molecule has 0 aliphatic carbocycles. The number of para-hydroxylation sites is 4. The fraction of sp³-hybridized carbons (Fsp3) is 0.115. The first-order valence-corrected chi connectivity index (χ1v) is 25.7. The van der Waals surface area contributed by atoms with Gasteiger partial charge in [0.2, 0.25) is 0 Å². The monoisotopic (exact) mass is 1210 g/mol. The summed E-state index contributed by atoms with van der Waals surface area (Å²) in [6.45, 7) is 7.27. The molecule has 0 fully saturated rings. The zero-order valence-electron chi connectivity index (χ0n) is 40.1. The Labute approximate surface area is 481 Å². The Bertz CT molecular complexity index is 3830. The van der Waals surface area contributed by atoms with Crippen LogP contribution in [0.4, 0.5) is 34.1 Å². The van der Waals surface area contributed by atoms with E-state index in [1.165, 1.54) is 38.1 Å². The molecule has 0 spiro atoms. The van der Waals surface area contributed by atoms with Gasteiger partial charge in [-0.1, -0.05) is 102 Å². The van der Waals surface area contributed by atoms with Gasteiger partial charge in [-0.15, -0.1) is 5.11 Å². The van der Waals surface area contributed by atoms with E-state index in [0.29, 0.717) is 51.9 Å². The number of amides is 1. The van der Waals surface area contributed by atoms with E-state index in [1.807, 2.05) is 6.92 Å². The SMILES string of the molecule is CCOc1ccccc1N=C([O-])c1cc2ccccc2c(N=Nc2cc(Cl)c(C)c(S(=O)(=O)O)c2)c1[O-].CCOc1ccccc1NC(=O)c1cc2ccccc2c(N=Nc2cc(Cl)c(C)c(S(=O)(=O)O)c2)c1O.[Ba+2]. The molecule has 8 aromatic rings. The smallest absolute Gasteiger partial charge is 0.871 e. The average molecular weight is 1220 g/mol. The number of aromatic hydroxyl groups is 1. The average Bonchev–Trinajstić information content (AvgIpc) is 3.35. The number of nitrogens with one attached hydrogen (secondary N) is 1. The van der Waals surface area contributed by atoms with Crippen LogP contribution in [-0.4, -0.2) is 105 Å². The first-order chi connectivity index (χ1) is 35.2. The Hall–Kier alpha value is -6.41. The Morgan fingerprint density at radius 3 is 1.63 bits per heavy atom. The van der Waals surface area contributed by atoms with Gasteiger partial charge in [0.25, 0.3) is 26.1 Å². The molecule has 0 bridgehead atoms. The zero-order chi connectivity index (χ0) is 53.5. The predicted molar refractivity (Wildman–Crippen MR) is 284 cm³/mol. The van der Waals surface area contributed by atoms with Gasteiger partial charge in [0.05, 0.1) is 41.5 Å². The summed E-state index contributed by atoms with van der Waals surface area (Å²) in [5.41, 5.74) is 0.576. The molecule has 8 rings (SSSR count). The zero-order valence-corrected chi connectivity index (χ0v) is 47.7. The molecule has 0 aliphatic rings. The molecule has 0 heterocycles. The van der Waals surface area contributed by atoms with E-state index in [4.69, 9.17) is 32.7 Å². The number of anilines is 1. The molecule has 0 radical (unpaired) electrons. The van der Waals surface area contributed by atoms with Crippen molar-refractivity contribution in [1.29, 1.82) is 0 Å². The van der Waals surface area contributed by atoms with Gasteiger partial charge in [-0.25, -0.2) is 0 Å². The van der Waals surface area contributed by atoms with Gasteiger partial charge < -0.3 is 30.1 Å². The molecule has 4 N–H and O–H groups in total. The van der Waals surface area contributed by atoms with Crippen LogP contribution in [0, 0.1) is 13.8 Å². The summed E-state index contributed by atoms with van der Waals surface area (Å²) in [5, 5.41) is 58.7. The molecule has 8 aromatic carbocycles. The number of phenols is 1. The number of hydrogen-bond acceptors (Lipinski definition) is 15. The molecular formula is C52H42BaCl2N6O12S2. The largest absolute Gasteiger partial charge is 2.00 e. The van der Waals surface area contributed by atoms with Crippen LogP contribution in [0.25, 0.3) is 21.5 Å².